The Bertz CT molecular complexity index is 749. The number of carbonyl (C=O) groups excluding carboxylic acids is 1. The van der Waals surface area contributed by atoms with Crippen LogP contribution in [0.15, 0.2) is 44.8 Å². The van der Waals surface area contributed by atoms with Crippen molar-refractivity contribution in [2.24, 2.45) is 4.99 Å². The van der Waals surface area contributed by atoms with Crippen LogP contribution in [0.1, 0.15) is 16.3 Å². The molecule has 0 bridgehead atoms. The summed E-state index contributed by atoms with van der Waals surface area (Å²) in [5.74, 6) is -0.139. The summed E-state index contributed by atoms with van der Waals surface area (Å²) in [6, 6.07) is 7.45. The van der Waals surface area contributed by atoms with Gasteiger partial charge in [-0.2, -0.15) is 0 Å². The van der Waals surface area contributed by atoms with Crippen molar-refractivity contribution in [2.75, 3.05) is 0 Å². The molecular formula is C14H9BrN2O2S. The summed E-state index contributed by atoms with van der Waals surface area (Å²) in [4.78, 5) is 20.3. The summed E-state index contributed by atoms with van der Waals surface area (Å²) in [6.07, 6.45) is 1.64. The van der Waals surface area contributed by atoms with Gasteiger partial charge in [-0.25, -0.2) is 14.8 Å². The van der Waals surface area contributed by atoms with Gasteiger partial charge in [0, 0.05) is 15.4 Å². The first-order chi connectivity index (χ1) is 9.61. The van der Waals surface area contributed by atoms with E-state index in [0.717, 1.165) is 20.7 Å². The smallest absolute Gasteiger partial charge is 0.363 e. The molecule has 0 spiro atoms. The quantitative estimate of drug-likeness (QED) is 0.615. The fraction of sp³-hybridized carbons (Fsp3) is 0.0714. The number of esters is 1. The molecule has 6 heteroatoms. The highest BCUT2D eigenvalue weighted by molar-refractivity contribution is 9.10. The number of aromatic nitrogens is 1. The molecule has 0 unspecified atom stereocenters. The molecule has 0 saturated carbocycles. The van der Waals surface area contributed by atoms with Crippen LogP contribution in [0.25, 0.3) is 6.08 Å². The Morgan fingerprint density at radius 3 is 2.95 bits per heavy atom. The highest BCUT2D eigenvalue weighted by Gasteiger charge is 2.24. The first-order valence-electron chi connectivity index (χ1n) is 5.82. The Morgan fingerprint density at radius 1 is 1.40 bits per heavy atom. The average Bonchev–Trinajstić information content (AvgIpc) is 2.97. The molecule has 0 fully saturated rings. The lowest BCUT2D eigenvalue weighted by molar-refractivity contribution is -0.129. The van der Waals surface area contributed by atoms with Gasteiger partial charge in [-0.1, -0.05) is 22.0 Å². The fourth-order valence-corrected chi connectivity index (χ4v) is 2.71. The molecule has 1 aliphatic rings. The van der Waals surface area contributed by atoms with E-state index in [1.807, 2.05) is 36.6 Å². The van der Waals surface area contributed by atoms with Gasteiger partial charge in [0.15, 0.2) is 5.70 Å². The van der Waals surface area contributed by atoms with Crippen LogP contribution in [0.5, 0.6) is 0 Å². The molecule has 0 saturated heterocycles. The second-order valence-corrected chi connectivity index (χ2v) is 6.12. The number of aryl methyl sites for hydroxylation is 1. The molecule has 1 aromatic carbocycles. The van der Waals surface area contributed by atoms with Gasteiger partial charge < -0.3 is 4.74 Å². The third-order valence-corrected chi connectivity index (χ3v) is 3.90. The molecule has 1 aromatic heterocycles. The minimum absolute atomic E-state index is 0.269. The van der Waals surface area contributed by atoms with Gasteiger partial charge >= 0.3 is 5.97 Å². The van der Waals surface area contributed by atoms with E-state index in [-0.39, 0.29) is 5.70 Å². The zero-order valence-corrected chi connectivity index (χ0v) is 12.9. The van der Waals surface area contributed by atoms with Crippen LogP contribution in [0, 0.1) is 6.92 Å². The average molecular weight is 349 g/mol. The second-order valence-electron chi connectivity index (χ2n) is 4.14. The normalized spacial score (nSPS) is 16.4. The third-order valence-electron chi connectivity index (χ3n) is 2.61. The lowest BCUT2D eigenvalue weighted by Crippen LogP contribution is -2.05. The molecular weight excluding hydrogens is 340 g/mol. The number of hydrogen-bond donors (Lipinski definition) is 0. The first kappa shape index (κ1) is 13.2. The number of cyclic esters (lactones) is 1. The predicted octanol–water partition coefficient (Wildman–Crippen LogP) is 3.56. The zero-order valence-electron chi connectivity index (χ0n) is 10.5. The number of ether oxygens (including phenoxy) is 1. The maximum Gasteiger partial charge on any atom is 0.363 e. The molecule has 3 rings (SSSR count). The fourth-order valence-electron chi connectivity index (χ4n) is 1.74. The molecule has 4 nitrogen and oxygen atoms in total. The molecule has 100 valence electrons. The molecule has 2 heterocycles. The maximum atomic E-state index is 11.8. The Kier molecular flexibility index (Phi) is 3.50. The number of halogens is 1. The second kappa shape index (κ2) is 5.30. The highest BCUT2D eigenvalue weighted by Crippen LogP contribution is 2.21. The van der Waals surface area contributed by atoms with Crippen molar-refractivity contribution in [2.45, 2.75) is 6.92 Å². The van der Waals surface area contributed by atoms with Gasteiger partial charge in [-0.05, 0) is 31.2 Å². The molecule has 0 radical (unpaired) electrons. The van der Waals surface area contributed by atoms with Crippen LogP contribution >= 0.6 is 27.3 Å². The molecule has 0 N–H and O–H groups in total. The topological polar surface area (TPSA) is 51.6 Å². The summed E-state index contributed by atoms with van der Waals surface area (Å²) in [6.45, 7) is 1.91. The summed E-state index contributed by atoms with van der Waals surface area (Å²) in [5.41, 5.74) is 1.74. The van der Waals surface area contributed by atoms with Gasteiger partial charge in [0.05, 0.1) is 10.7 Å². The number of thiazole rings is 1. The van der Waals surface area contributed by atoms with Crippen molar-refractivity contribution in [3.05, 3.63) is 56.1 Å². The van der Waals surface area contributed by atoms with Crippen molar-refractivity contribution in [1.82, 2.24) is 4.98 Å². The molecule has 0 aliphatic carbocycles. The Balaban J connectivity index is 1.94. The number of hydrogen-bond acceptors (Lipinski definition) is 5. The number of rotatable bonds is 2. The predicted molar refractivity (Wildman–Crippen MR) is 81.6 cm³/mol. The van der Waals surface area contributed by atoms with E-state index in [1.165, 1.54) is 11.3 Å². The van der Waals surface area contributed by atoms with Crippen molar-refractivity contribution in [1.29, 1.82) is 0 Å². The van der Waals surface area contributed by atoms with E-state index >= 15 is 0 Å². The molecule has 1 aliphatic heterocycles. The van der Waals surface area contributed by atoms with Crippen molar-refractivity contribution in [3.63, 3.8) is 0 Å². The van der Waals surface area contributed by atoms with Crippen LogP contribution in [-0.2, 0) is 9.53 Å². The number of nitrogens with zero attached hydrogens (tertiary/aromatic N) is 2. The molecule has 2 aromatic rings. The van der Waals surface area contributed by atoms with Crippen molar-refractivity contribution in [3.8, 4) is 0 Å². The van der Waals surface area contributed by atoms with Crippen LogP contribution in [0.4, 0.5) is 0 Å². The number of carbonyl (C=O) groups is 1. The third kappa shape index (κ3) is 2.71. The maximum absolute atomic E-state index is 11.8. The van der Waals surface area contributed by atoms with Gasteiger partial charge in [0.1, 0.15) is 0 Å². The van der Waals surface area contributed by atoms with Gasteiger partial charge in [0.2, 0.25) is 5.90 Å². The highest BCUT2D eigenvalue weighted by atomic mass is 79.9. The van der Waals surface area contributed by atoms with Crippen LogP contribution in [0.3, 0.4) is 0 Å². The van der Waals surface area contributed by atoms with E-state index in [4.69, 9.17) is 4.74 Å². The largest absolute Gasteiger partial charge is 0.402 e. The summed E-state index contributed by atoms with van der Waals surface area (Å²) in [5, 5.41) is 2.82. The minimum atomic E-state index is -0.453. The van der Waals surface area contributed by atoms with E-state index in [1.54, 1.807) is 6.08 Å². The Labute approximate surface area is 128 Å². The summed E-state index contributed by atoms with van der Waals surface area (Å²) in [7, 11) is 0. The van der Waals surface area contributed by atoms with Gasteiger partial charge in [0.25, 0.3) is 0 Å². The molecule has 0 atom stereocenters. The number of aliphatic imine (C=N–C) groups is 1. The Hall–Kier alpha value is -1.79. The van der Waals surface area contributed by atoms with E-state index in [9.17, 15) is 4.79 Å². The number of benzene rings is 1. The van der Waals surface area contributed by atoms with Gasteiger partial charge in [-0.15, -0.1) is 11.3 Å². The van der Waals surface area contributed by atoms with E-state index in [0.29, 0.717) is 5.90 Å². The minimum Gasteiger partial charge on any atom is -0.402 e. The van der Waals surface area contributed by atoms with Crippen LogP contribution in [-0.4, -0.2) is 16.9 Å². The van der Waals surface area contributed by atoms with E-state index < -0.39 is 5.97 Å². The Morgan fingerprint density at radius 2 is 2.25 bits per heavy atom. The lowest BCUT2D eigenvalue weighted by Gasteiger charge is -1.99. The van der Waals surface area contributed by atoms with E-state index in [2.05, 4.69) is 25.9 Å². The summed E-state index contributed by atoms with van der Waals surface area (Å²) >= 11 is 4.90. The van der Waals surface area contributed by atoms with Crippen LogP contribution in [0.2, 0.25) is 0 Å². The lowest BCUT2D eigenvalue weighted by atomic mass is 10.2. The zero-order chi connectivity index (χ0) is 14.1. The van der Waals surface area contributed by atoms with Crippen molar-refractivity contribution < 1.29 is 9.53 Å². The SMILES string of the molecule is Cc1nc(/C=C2\N=C(c3cccc(Br)c3)OC2=O)cs1. The molecule has 20 heavy (non-hydrogen) atoms. The monoisotopic (exact) mass is 348 g/mol. The summed E-state index contributed by atoms with van der Waals surface area (Å²) < 4.78 is 6.10. The standard InChI is InChI=1S/C14H9BrN2O2S/c1-8-16-11(7-20-8)6-12-14(18)19-13(17-12)9-3-2-4-10(15)5-9/h2-7H,1H3/b12-6-. The van der Waals surface area contributed by atoms with Gasteiger partial charge in [-0.3, -0.25) is 0 Å². The first-order valence-corrected chi connectivity index (χ1v) is 7.50. The molecule has 0 amide bonds. The van der Waals surface area contributed by atoms with Crippen LogP contribution < -0.4 is 0 Å². The van der Waals surface area contributed by atoms with Crippen molar-refractivity contribution >= 4 is 45.2 Å².